The Bertz CT molecular complexity index is 1290. The molecule has 0 bridgehead atoms. The molecule has 1 aliphatic rings. The maximum atomic E-state index is 12.5. The molecule has 0 aliphatic heterocycles. The molecule has 0 fully saturated rings. The van der Waals surface area contributed by atoms with Crippen LogP contribution in [0, 0.1) is 17.2 Å². The molecule has 154 valence electrons. The molecular weight excluding hydrogens is 391 g/mol. The van der Waals surface area contributed by atoms with Crippen molar-refractivity contribution in [1.29, 1.82) is 5.26 Å². The molecule has 0 radical (unpaired) electrons. The van der Waals surface area contributed by atoms with Gasteiger partial charge in [-0.15, -0.1) is 0 Å². The van der Waals surface area contributed by atoms with Crippen molar-refractivity contribution >= 4 is 11.1 Å². The average Bonchev–Trinajstić information content (AvgIpc) is 3.47. The minimum atomic E-state index is -0.432. The Labute approximate surface area is 179 Å². The van der Waals surface area contributed by atoms with Crippen molar-refractivity contribution in [3.63, 3.8) is 0 Å². The van der Waals surface area contributed by atoms with Crippen molar-refractivity contribution in [2.24, 2.45) is 5.92 Å². The third-order valence-corrected chi connectivity index (χ3v) is 5.81. The maximum absolute atomic E-state index is 12.5. The smallest absolute Gasteiger partial charge is 0.109 e. The second-order valence-corrected chi connectivity index (χ2v) is 7.72. The van der Waals surface area contributed by atoms with Crippen molar-refractivity contribution in [3.05, 3.63) is 67.0 Å². The third-order valence-electron chi connectivity index (χ3n) is 5.81. The summed E-state index contributed by atoms with van der Waals surface area (Å²) in [6.07, 6.45) is 13.7. The van der Waals surface area contributed by atoms with Gasteiger partial charge in [-0.3, -0.25) is 9.67 Å². The Balaban J connectivity index is 1.51. The van der Waals surface area contributed by atoms with Crippen LogP contribution in [0.1, 0.15) is 25.0 Å². The summed E-state index contributed by atoms with van der Waals surface area (Å²) >= 11 is 0. The molecule has 0 spiro atoms. The molecule has 0 amide bonds. The molecule has 3 heterocycles. The van der Waals surface area contributed by atoms with Crippen molar-refractivity contribution in [2.45, 2.75) is 25.8 Å². The number of fused-ring (bicyclic) bond motifs is 1. The van der Waals surface area contributed by atoms with Gasteiger partial charge < -0.3 is 0 Å². The zero-order valence-corrected chi connectivity index (χ0v) is 16.9. The monoisotopic (exact) mass is 412 g/mol. The molecule has 0 saturated heterocycles. The molecule has 1 unspecified atom stereocenters. The van der Waals surface area contributed by atoms with E-state index in [4.69, 9.17) is 0 Å². The lowest BCUT2D eigenvalue weighted by molar-refractivity contribution is 0.427. The number of nitrogens with zero attached hydrogens (tertiary/aromatic N) is 6. The molecular formula is C24H21FN6. The van der Waals surface area contributed by atoms with E-state index < -0.39 is 6.67 Å². The lowest BCUT2D eigenvalue weighted by atomic mass is 9.88. The highest BCUT2D eigenvalue weighted by molar-refractivity contribution is 5.89. The largest absolute Gasteiger partial charge is 0.269 e. The van der Waals surface area contributed by atoms with Gasteiger partial charge in [0.1, 0.15) is 6.67 Å². The van der Waals surface area contributed by atoms with E-state index in [9.17, 15) is 9.65 Å². The number of aryl methyl sites for hydroxylation is 1. The van der Waals surface area contributed by atoms with Crippen LogP contribution >= 0.6 is 0 Å². The normalized spacial score (nSPS) is 16.3. The fraction of sp³-hybridized carbons (Fsp3) is 0.250. The van der Waals surface area contributed by atoms with Crippen LogP contribution in [0.3, 0.4) is 0 Å². The number of hydrogen-bond donors (Lipinski definition) is 0. The quantitative estimate of drug-likeness (QED) is 0.466. The van der Waals surface area contributed by atoms with E-state index in [1.807, 2.05) is 35.2 Å². The lowest BCUT2D eigenvalue weighted by Crippen LogP contribution is -2.05. The van der Waals surface area contributed by atoms with Crippen LogP contribution in [0.25, 0.3) is 33.3 Å². The highest BCUT2D eigenvalue weighted by Gasteiger charge is 2.20. The first kappa shape index (κ1) is 19.2. The van der Waals surface area contributed by atoms with E-state index in [-0.39, 0.29) is 12.5 Å². The number of hydrogen-bond acceptors (Lipinski definition) is 4. The van der Waals surface area contributed by atoms with Gasteiger partial charge in [0.25, 0.3) is 0 Å². The molecule has 1 aromatic carbocycles. The number of aromatic nitrogens is 5. The summed E-state index contributed by atoms with van der Waals surface area (Å²) < 4.78 is 16.0. The number of halogens is 1. The number of rotatable bonds is 5. The predicted molar refractivity (Wildman–Crippen MR) is 117 cm³/mol. The average molecular weight is 412 g/mol. The van der Waals surface area contributed by atoms with Gasteiger partial charge in [0, 0.05) is 29.7 Å². The van der Waals surface area contributed by atoms with Crippen molar-refractivity contribution in [1.82, 2.24) is 24.4 Å². The van der Waals surface area contributed by atoms with Crippen molar-refractivity contribution in [3.8, 4) is 28.3 Å². The van der Waals surface area contributed by atoms with Gasteiger partial charge in [-0.05, 0) is 36.0 Å². The Kier molecular flexibility index (Phi) is 5.04. The molecule has 3 aromatic heterocycles. The lowest BCUT2D eigenvalue weighted by Gasteiger charge is -2.17. The Morgan fingerprint density at radius 2 is 1.94 bits per heavy atom. The van der Waals surface area contributed by atoms with Gasteiger partial charge in [0.05, 0.1) is 42.1 Å². The van der Waals surface area contributed by atoms with Crippen LogP contribution in [0.4, 0.5) is 4.39 Å². The Morgan fingerprint density at radius 3 is 2.68 bits per heavy atom. The van der Waals surface area contributed by atoms with Crippen LogP contribution in [0.15, 0.2) is 61.3 Å². The fourth-order valence-corrected chi connectivity index (χ4v) is 4.12. The van der Waals surface area contributed by atoms with E-state index in [0.717, 1.165) is 52.7 Å². The van der Waals surface area contributed by atoms with Crippen LogP contribution in [0.2, 0.25) is 0 Å². The standard InChI is InChI=1S/C24H21FN6/c25-9-11-30-16-21(14-28-30)18-5-7-19(8-6-18)22-15-29-31-12-10-27-23(24(22)31)20-3-1-17(13-26)2-4-20/h3,5-8,10,12,14-17H,1-2,4,9,11H2. The highest BCUT2D eigenvalue weighted by Crippen LogP contribution is 2.35. The predicted octanol–water partition coefficient (Wildman–Crippen LogP) is 4.94. The summed E-state index contributed by atoms with van der Waals surface area (Å²) in [5, 5.41) is 17.9. The first-order chi connectivity index (χ1) is 15.3. The molecule has 1 aliphatic carbocycles. The number of nitriles is 1. The van der Waals surface area contributed by atoms with Crippen LogP contribution in [-0.2, 0) is 6.54 Å². The zero-order valence-electron chi connectivity index (χ0n) is 16.9. The summed E-state index contributed by atoms with van der Waals surface area (Å²) in [5.74, 6) is 0.0923. The fourth-order valence-electron chi connectivity index (χ4n) is 4.12. The number of benzene rings is 1. The molecule has 31 heavy (non-hydrogen) atoms. The van der Waals surface area contributed by atoms with E-state index in [1.165, 1.54) is 5.57 Å². The van der Waals surface area contributed by atoms with Crippen LogP contribution < -0.4 is 0 Å². The summed E-state index contributed by atoms with van der Waals surface area (Å²) in [5.41, 5.74) is 7.15. The van der Waals surface area contributed by atoms with E-state index in [0.29, 0.717) is 0 Å². The van der Waals surface area contributed by atoms with Gasteiger partial charge >= 0.3 is 0 Å². The summed E-state index contributed by atoms with van der Waals surface area (Å²) in [6, 6.07) is 10.6. The molecule has 4 aromatic rings. The minimum Gasteiger partial charge on any atom is -0.269 e. The topological polar surface area (TPSA) is 71.8 Å². The van der Waals surface area contributed by atoms with E-state index >= 15 is 0 Å². The molecule has 6 nitrogen and oxygen atoms in total. The molecule has 5 rings (SSSR count). The molecule has 0 saturated carbocycles. The van der Waals surface area contributed by atoms with Gasteiger partial charge in [0.2, 0.25) is 0 Å². The zero-order chi connectivity index (χ0) is 21.2. The second kappa shape index (κ2) is 8.15. The number of alkyl halides is 1. The first-order valence-electron chi connectivity index (χ1n) is 10.4. The highest BCUT2D eigenvalue weighted by atomic mass is 19.1. The van der Waals surface area contributed by atoms with Crippen LogP contribution in [-0.4, -0.2) is 31.1 Å². The summed E-state index contributed by atoms with van der Waals surface area (Å²) in [6.45, 7) is -0.167. The van der Waals surface area contributed by atoms with Crippen molar-refractivity contribution < 1.29 is 4.39 Å². The summed E-state index contributed by atoms with van der Waals surface area (Å²) in [4.78, 5) is 4.67. The third kappa shape index (κ3) is 3.61. The van der Waals surface area contributed by atoms with Gasteiger partial charge in [-0.2, -0.15) is 15.5 Å². The Hall–Kier alpha value is -3.79. The van der Waals surface area contributed by atoms with Crippen molar-refractivity contribution in [2.75, 3.05) is 6.67 Å². The number of allylic oxidation sites excluding steroid dienone is 2. The van der Waals surface area contributed by atoms with E-state index in [2.05, 4.69) is 39.5 Å². The molecule has 7 heteroatoms. The Morgan fingerprint density at radius 1 is 1.10 bits per heavy atom. The summed E-state index contributed by atoms with van der Waals surface area (Å²) in [7, 11) is 0. The van der Waals surface area contributed by atoms with Gasteiger partial charge in [-0.25, -0.2) is 8.91 Å². The van der Waals surface area contributed by atoms with Crippen LogP contribution in [0.5, 0.6) is 0 Å². The molecule has 0 N–H and O–H groups in total. The minimum absolute atomic E-state index is 0.0923. The first-order valence-corrected chi connectivity index (χ1v) is 10.4. The maximum Gasteiger partial charge on any atom is 0.109 e. The SMILES string of the molecule is N#CC1CC=C(c2nccn3ncc(-c4ccc(-c5cnn(CCF)c5)cc4)c23)CC1. The second-order valence-electron chi connectivity index (χ2n) is 7.72. The van der Waals surface area contributed by atoms with E-state index in [1.54, 1.807) is 17.1 Å². The van der Waals surface area contributed by atoms with Gasteiger partial charge in [-0.1, -0.05) is 30.3 Å². The van der Waals surface area contributed by atoms with Gasteiger partial charge in [0.15, 0.2) is 0 Å². The molecule has 1 atom stereocenters.